The number of non-ortho nitro benzene ring substituents is 1. The molecule has 0 atom stereocenters. The third kappa shape index (κ3) is 2.84. The molecule has 100 valence electrons. The minimum Gasteiger partial charge on any atom is -0.442 e. The highest BCUT2D eigenvalue weighted by atomic mass is 35.5. The van der Waals surface area contributed by atoms with Crippen molar-refractivity contribution in [1.82, 2.24) is 0 Å². The lowest BCUT2D eigenvalue weighted by Gasteiger charge is -1.97. The molecule has 7 heteroatoms. The van der Waals surface area contributed by atoms with Gasteiger partial charge < -0.3 is 4.42 Å². The van der Waals surface area contributed by atoms with Gasteiger partial charge in [0.15, 0.2) is 0 Å². The third-order valence-corrected chi connectivity index (χ3v) is 2.77. The van der Waals surface area contributed by atoms with Gasteiger partial charge in [-0.05, 0) is 25.1 Å². The van der Waals surface area contributed by atoms with Gasteiger partial charge in [0.05, 0.1) is 4.92 Å². The fraction of sp³-hybridized carbons (Fsp3) is 0.0769. The number of aliphatic imine (C=N–C) groups is 1. The quantitative estimate of drug-likeness (QED) is 0.489. The second-order valence-corrected chi connectivity index (χ2v) is 4.25. The summed E-state index contributed by atoms with van der Waals surface area (Å²) >= 11 is 6.02. The SMILES string of the molecule is Cc1cc(C#N)c(N=C(Cl)c2ccc([N+](=O)[O-])cc2)o1. The summed E-state index contributed by atoms with van der Waals surface area (Å²) in [5, 5.41) is 19.6. The van der Waals surface area contributed by atoms with E-state index in [-0.39, 0.29) is 22.3 Å². The van der Waals surface area contributed by atoms with Crippen molar-refractivity contribution < 1.29 is 9.34 Å². The molecule has 2 aromatic rings. The minimum absolute atomic E-state index is 0.0372. The van der Waals surface area contributed by atoms with E-state index in [0.29, 0.717) is 11.3 Å². The van der Waals surface area contributed by atoms with Gasteiger partial charge in [-0.25, -0.2) is 0 Å². The molecule has 0 aliphatic rings. The Morgan fingerprint density at radius 2 is 2.10 bits per heavy atom. The van der Waals surface area contributed by atoms with Crippen LogP contribution in [0.1, 0.15) is 16.9 Å². The zero-order valence-corrected chi connectivity index (χ0v) is 11.1. The molecule has 0 unspecified atom stereocenters. The molecule has 1 aromatic heterocycles. The second-order valence-electron chi connectivity index (χ2n) is 3.89. The summed E-state index contributed by atoms with van der Waals surface area (Å²) in [5.41, 5.74) is 0.738. The van der Waals surface area contributed by atoms with Gasteiger partial charge >= 0.3 is 0 Å². The lowest BCUT2D eigenvalue weighted by atomic mass is 10.2. The van der Waals surface area contributed by atoms with E-state index in [0.717, 1.165) is 0 Å². The van der Waals surface area contributed by atoms with Gasteiger partial charge in [-0.15, -0.1) is 0 Å². The number of hydrogen-bond acceptors (Lipinski definition) is 5. The molecule has 1 heterocycles. The van der Waals surface area contributed by atoms with Crippen LogP contribution in [0.2, 0.25) is 0 Å². The number of hydrogen-bond donors (Lipinski definition) is 0. The number of nitro benzene ring substituents is 1. The van der Waals surface area contributed by atoms with Crippen molar-refractivity contribution in [3.05, 3.63) is 57.3 Å². The monoisotopic (exact) mass is 289 g/mol. The van der Waals surface area contributed by atoms with E-state index in [2.05, 4.69) is 4.99 Å². The van der Waals surface area contributed by atoms with Crippen LogP contribution in [-0.2, 0) is 0 Å². The number of nitro groups is 1. The van der Waals surface area contributed by atoms with Crippen molar-refractivity contribution in [2.45, 2.75) is 6.92 Å². The molecular formula is C13H8ClN3O3. The molecule has 20 heavy (non-hydrogen) atoms. The zero-order chi connectivity index (χ0) is 14.7. The largest absolute Gasteiger partial charge is 0.442 e. The van der Waals surface area contributed by atoms with Gasteiger partial charge in [0.25, 0.3) is 5.69 Å². The van der Waals surface area contributed by atoms with Crippen molar-refractivity contribution in [1.29, 1.82) is 5.26 Å². The Morgan fingerprint density at radius 3 is 2.65 bits per heavy atom. The number of rotatable bonds is 3. The van der Waals surface area contributed by atoms with E-state index < -0.39 is 4.92 Å². The standard InChI is InChI=1S/C13H8ClN3O3/c1-8-6-10(7-15)13(20-8)16-12(14)9-2-4-11(5-3-9)17(18)19/h2-6H,1H3. The van der Waals surface area contributed by atoms with E-state index in [1.54, 1.807) is 13.0 Å². The molecule has 0 amide bonds. The Hall–Kier alpha value is -2.65. The number of benzene rings is 1. The van der Waals surface area contributed by atoms with Gasteiger partial charge in [0, 0.05) is 17.7 Å². The van der Waals surface area contributed by atoms with Gasteiger partial charge in [0.1, 0.15) is 22.6 Å². The molecule has 2 rings (SSSR count). The Morgan fingerprint density at radius 1 is 1.45 bits per heavy atom. The van der Waals surface area contributed by atoms with Crippen LogP contribution in [0.5, 0.6) is 0 Å². The molecule has 0 saturated heterocycles. The van der Waals surface area contributed by atoms with Crippen LogP contribution in [-0.4, -0.2) is 10.1 Å². The molecular weight excluding hydrogens is 282 g/mol. The first-order valence-corrected chi connectivity index (χ1v) is 5.88. The van der Waals surface area contributed by atoms with Gasteiger partial charge in [-0.2, -0.15) is 10.3 Å². The molecule has 6 nitrogen and oxygen atoms in total. The van der Waals surface area contributed by atoms with Crippen LogP contribution in [0.4, 0.5) is 11.6 Å². The van der Waals surface area contributed by atoms with E-state index in [4.69, 9.17) is 21.3 Å². The topological polar surface area (TPSA) is 92.4 Å². The zero-order valence-electron chi connectivity index (χ0n) is 10.3. The highest BCUT2D eigenvalue weighted by Crippen LogP contribution is 2.25. The molecule has 0 saturated carbocycles. The summed E-state index contributed by atoms with van der Waals surface area (Å²) in [7, 11) is 0. The fourth-order valence-electron chi connectivity index (χ4n) is 1.54. The van der Waals surface area contributed by atoms with Gasteiger partial charge in [-0.3, -0.25) is 10.1 Å². The lowest BCUT2D eigenvalue weighted by Crippen LogP contribution is -1.92. The highest BCUT2D eigenvalue weighted by Gasteiger charge is 2.11. The predicted octanol–water partition coefficient (Wildman–Crippen LogP) is 3.69. The van der Waals surface area contributed by atoms with Crippen LogP contribution < -0.4 is 0 Å². The maximum Gasteiger partial charge on any atom is 0.269 e. The molecule has 1 aromatic carbocycles. The van der Waals surface area contributed by atoms with Crippen LogP contribution >= 0.6 is 11.6 Å². The van der Waals surface area contributed by atoms with E-state index in [1.807, 2.05) is 6.07 Å². The molecule has 0 fully saturated rings. The van der Waals surface area contributed by atoms with E-state index in [9.17, 15) is 10.1 Å². The van der Waals surface area contributed by atoms with Crippen molar-refractivity contribution in [2.75, 3.05) is 0 Å². The molecule has 0 bridgehead atoms. The summed E-state index contributed by atoms with van der Waals surface area (Å²) in [5.74, 6) is 0.668. The number of nitrogens with zero attached hydrogens (tertiary/aromatic N) is 3. The van der Waals surface area contributed by atoms with Crippen LogP contribution in [0.15, 0.2) is 39.7 Å². The molecule has 0 N–H and O–H groups in total. The first-order chi connectivity index (χ1) is 9.51. The van der Waals surface area contributed by atoms with E-state index >= 15 is 0 Å². The smallest absolute Gasteiger partial charge is 0.269 e. The number of halogens is 1. The Balaban J connectivity index is 2.35. The van der Waals surface area contributed by atoms with Crippen molar-refractivity contribution in [2.24, 2.45) is 4.99 Å². The van der Waals surface area contributed by atoms with Crippen LogP contribution in [0.3, 0.4) is 0 Å². The normalized spacial score (nSPS) is 11.2. The molecule has 0 aliphatic carbocycles. The average molecular weight is 290 g/mol. The molecule has 0 spiro atoms. The minimum atomic E-state index is -0.501. The molecule has 0 radical (unpaired) electrons. The van der Waals surface area contributed by atoms with Crippen molar-refractivity contribution >= 4 is 28.3 Å². The van der Waals surface area contributed by atoms with Crippen molar-refractivity contribution in [3.63, 3.8) is 0 Å². The second kappa shape index (κ2) is 5.55. The van der Waals surface area contributed by atoms with Crippen LogP contribution in [0, 0.1) is 28.4 Å². The maximum atomic E-state index is 10.6. The van der Waals surface area contributed by atoms with Crippen molar-refractivity contribution in [3.8, 4) is 6.07 Å². The summed E-state index contributed by atoms with van der Waals surface area (Å²) in [6.45, 7) is 1.69. The van der Waals surface area contributed by atoms with Gasteiger partial charge in [-0.1, -0.05) is 11.6 Å². The Labute approximate surface area is 119 Å². The number of furan rings is 1. The van der Waals surface area contributed by atoms with Crippen LogP contribution in [0.25, 0.3) is 0 Å². The highest BCUT2D eigenvalue weighted by molar-refractivity contribution is 6.69. The summed E-state index contributed by atoms with van der Waals surface area (Å²) in [6, 6.07) is 9.11. The molecule has 0 aliphatic heterocycles. The third-order valence-electron chi connectivity index (χ3n) is 2.47. The first kappa shape index (κ1) is 13.8. The lowest BCUT2D eigenvalue weighted by molar-refractivity contribution is -0.384. The summed E-state index contributed by atoms with van der Waals surface area (Å²) in [6.07, 6.45) is 0. The fourth-order valence-corrected chi connectivity index (χ4v) is 1.74. The summed E-state index contributed by atoms with van der Waals surface area (Å²) < 4.78 is 5.26. The Bertz CT molecular complexity index is 726. The maximum absolute atomic E-state index is 10.6. The number of aryl methyl sites for hydroxylation is 1. The van der Waals surface area contributed by atoms with E-state index in [1.165, 1.54) is 24.3 Å². The van der Waals surface area contributed by atoms with Gasteiger partial charge in [0.2, 0.25) is 5.88 Å². The number of nitriles is 1. The first-order valence-electron chi connectivity index (χ1n) is 5.51. The average Bonchev–Trinajstić information content (AvgIpc) is 2.78. The Kier molecular flexibility index (Phi) is 3.82. The summed E-state index contributed by atoms with van der Waals surface area (Å²) in [4.78, 5) is 14.1. The predicted molar refractivity (Wildman–Crippen MR) is 73.3 cm³/mol.